The number of carbonyl (C=O) groups is 8. The van der Waals surface area contributed by atoms with Crippen LogP contribution in [0.1, 0.15) is 91.5 Å². The van der Waals surface area contributed by atoms with Gasteiger partial charge in [-0.3, -0.25) is 38.6 Å². The minimum atomic E-state index is -1.59. The lowest BCUT2D eigenvalue weighted by molar-refractivity contribution is -0.143. The van der Waals surface area contributed by atoms with Crippen molar-refractivity contribution in [2.45, 2.75) is 141 Å². The summed E-state index contributed by atoms with van der Waals surface area (Å²) in [5.74, 6) is -6.61. The Morgan fingerprint density at radius 3 is 1.60 bits per heavy atom. The molecule has 0 bridgehead atoms. The van der Waals surface area contributed by atoms with Gasteiger partial charge in [0.25, 0.3) is 0 Å². The molecule has 1 aromatic rings. The standard InChI is InChI=1S/C44H76N12O10S/c1-25(2)21-33(41(63)55-34(43(65)66)22-26(3)4)54-39(61)31(16-12-19-49-44(47)48)52-40(62)32(17-20-67-6)53-42(64)35(24-57)56-36(58)27(5)50-38(60)30(15-10-11-18-45)51-37(59)29(46)23-28-13-8-7-9-14-28/h7-9,13-14,25-27,29-35,57H,10-12,15-24,45-46H2,1-6H3,(H,50,60)(H,51,59)(H,52,62)(H,53,64)(H,54,61)(H,55,63)(H,56,58)(H,65,66)(H4,47,48,49)/t27-,29-,30-,31-,32-,33-,34-,35-/m0/s1. The van der Waals surface area contributed by atoms with Gasteiger partial charge in [0.05, 0.1) is 12.6 Å². The van der Waals surface area contributed by atoms with Gasteiger partial charge in [0.15, 0.2) is 5.96 Å². The molecule has 0 aliphatic rings. The molecular formula is C44H76N12O10S. The first-order chi connectivity index (χ1) is 31.6. The van der Waals surface area contributed by atoms with Crippen LogP contribution in [0.3, 0.4) is 0 Å². The molecule has 0 aliphatic carbocycles. The largest absolute Gasteiger partial charge is 0.480 e. The van der Waals surface area contributed by atoms with Crippen LogP contribution >= 0.6 is 11.8 Å². The van der Waals surface area contributed by atoms with Crippen molar-refractivity contribution < 1.29 is 48.6 Å². The quantitative estimate of drug-likeness (QED) is 0.0207. The zero-order chi connectivity index (χ0) is 50.6. The number of nitrogens with two attached hydrogens (primary N) is 4. The van der Waals surface area contributed by atoms with Crippen LogP contribution in [0.2, 0.25) is 0 Å². The first-order valence-electron chi connectivity index (χ1n) is 22.6. The Kier molecular flexibility index (Phi) is 28.6. The van der Waals surface area contributed by atoms with E-state index in [0.717, 1.165) is 5.56 Å². The van der Waals surface area contributed by atoms with Gasteiger partial charge in [0.2, 0.25) is 41.4 Å². The Bertz CT molecular complexity index is 1770. The predicted octanol–water partition coefficient (Wildman–Crippen LogP) is -1.93. The summed E-state index contributed by atoms with van der Waals surface area (Å²) in [6, 6.07) is -0.743. The fourth-order valence-electron chi connectivity index (χ4n) is 6.63. The Hall–Kier alpha value is -5.52. The summed E-state index contributed by atoms with van der Waals surface area (Å²) >= 11 is 1.36. The number of amides is 7. The van der Waals surface area contributed by atoms with Crippen LogP contribution in [0.4, 0.5) is 0 Å². The van der Waals surface area contributed by atoms with E-state index in [1.54, 1.807) is 6.26 Å². The second kappa shape index (κ2) is 32.2. The van der Waals surface area contributed by atoms with E-state index in [1.807, 2.05) is 58.0 Å². The molecule has 22 nitrogen and oxygen atoms in total. The van der Waals surface area contributed by atoms with Crippen molar-refractivity contribution in [2.24, 2.45) is 39.8 Å². The third kappa shape index (κ3) is 24.2. The number of rotatable bonds is 33. The number of hydrogen-bond acceptors (Lipinski definition) is 13. The first-order valence-corrected chi connectivity index (χ1v) is 24.0. The maximum atomic E-state index is 13.9. The number of carboxylic acids is 1. The monoisotopic (exact) mass is 965 g/mol. The van der Waals surface area contributed by atoms with E-state index >= 15 is 0 Å². The van der Waals surface area contributed by atoms with Crippen molar-refractivity contribution >= 4 is 65.0 Å². The zero-order valence-electron chi connectivity index (χ0n) is 39.7. The molecule has 0 saturated heterocycles. The lowest BCUT2D eigenvalue weighted by Crippen LogP contribution is -2.60. The Balaban J connectivity index is 3.21. The number of nitrogens with zero attached hydrogens (tertiary/aromatic N) is 1. The Labute approximate surface area is 397 Å². The molecule has 67 heavy (non-hydrogen) atoms. The van der Waals surface area contributed by atoms with Crippen LogP contribution in [0, 0.1) is 11.8 Å². The van der Waals surface area contributed by atoms with Crippen LogP contribution in [0.25, 0.3) is 0 Å². The molecule has 378 valence electrons. The molecule has 0 aromatic heterocycles. The van der Waals surface area contributed by atoms with Gasteiger partial charge < -0.3 is 70.4 Å². The van der Waals surface area contributed by atoms with Gasteiger partial charge in [-0.2, -0.15) is 11.8 Å². The summed E-state index contributed by atoms with van der Waals surface area (Å²) in [4.78, 5) is 110. The molecule has 0 fully saturated rings. The molecule has 0 unspecified atom stereocenters. The van der Waals surface area contributed by atoms with Crippen LogP contribution in [-0.2, 0) is 44.8 Å². The third-order valence-electron chi connectivity index (χ3n) is 10.3. The van der Waals surface area contributed by atoms with Crippen molar-refractivity contribution in [2.75, 3.05) is 31.7 Å². The highest BCUT2D eigenvalue weighted by Gasteiger charge is 2.34. The van der Waals surface area contributed by atoms with Crippen LogP contribution in [-0.4, -0.2) is 144 Å². The molecule has 1 aromatic carbocycles. The van der Waals surface area contributed by atoms with Crippen molar-refractivity contribution in [3.8, 4) is 0 Å². The lowest BCUT2D eigenvalue weighted by atomic mass is 10.00. The van der Waals surface area contributed by atoms with Gasteiger partial charge >= 0.3 is 5.97 Å². The number of aliphatic imine (C=N–C) groups is 1. The fraction of sp³-hybridized carbons (Fsp3) is 0.659. The highest BCUT2D eigenvalue weighted by Crippen LogP contribution is 2.12. The van der Waals surface area contributed by atoms with Crippen molar-refractivity contribution in [3.63, 3.8) is 0 Å². The maximum absolute atomic E-state index is 13.9. The normalized spacial score (nSPS) is 14.7. The van der Waals surface area contributed by atoms with Crippen molar-refractivity contribution in [3.05, 3.63) is 35.9 Å². The van der Waals surface area contributed by atoms with Gasteiger partial charge in [0.1, 0.15) is 42.3 Å². The van der Waals surface area contributed by atoms with Gasteiger partial charge in [-0.05, 0) is 101 Å². The van der Waals surface area contributed by atoms with Gasteiger partial charge in [-0.25, -0.2) is 4.79 Å². The highest BCUT2D eigenvalue weighted by atomic mass is 32.2. The van der Waals surface area contributed by atoms with Crippen molar-refractivity contribution in [1.82, 2.24) is 37.2 Å². The number of hydrogen-bond donors (Lipinski definition) is 13. The Morgan fingerprint density at radius 2 is 1.07 bits per heavy atom. The lowest BCUT2D eigenvalue weighted by Gasteiger charge is -2.27. The minimum Gasteiger partial charge on any atom is -0.480 e. The number of nitrogens with one attached hydrogen (secondary N) is 7. The Morgan fingerprint density at radius 1 is 0.612 bits per heavy atom. The summed E-state index contributed by atoms with van der Waals surface area (Å²) in [7, 11) is 0. The number of carbonyl (C=O) groups excluding carboxylic acids is 7. The minimum absolute atomic E-state index is 0.0182. The number of guanidine groups is 1. The average Bonchev–Trinajstić information content (AvgIpc) is 3.26. The molecule has 1 rings (SSSR count). The number of aliphatic hydroxyl groups excluding tert-OH is 1. The first kappa shape index (κ1) is 59.5. The van der Waals surface area contributed by atoms with Gasteiger partial charge in [0, 0.05) is 6.54 Å². The summed E-state index contributed by atoms with van der Waals surface area (Å²) < 4.78 is 0. The van der Waals surface area contributed by atoms with E-state index in [9.17, 15) is 48.6 Å². The van der Waals surface area contributed by atoms with Crippen LogP contribution in [0.15, 0.2) is 35.3 Å². The SMILES string of the molecule is CSCC[C@H](NC(=O)[C@H](CO)NC(=O)[C@H](C)NC(=O)[C@H](CCCCN)NC(=O)[C@@H](N)Cc1ccccc1)C(=O)N[C@@H](CCCN=C(N)N)C(=O)N[C@@H](CC(C)C)C(=O)N[C@@H](CC(C)C)C(=O)O. The molecule has 23 heteroatoms. The highest BCUT2D eigenvalue weighted by molar-refractivity contribution is 7.98. The molecule has 7 amide bonds. The van der Waals surface area contributed by atoms with Crippen LogP contribution in [0.5, 0.6) is 0 Å². The van der Waals surface area contributed by atoms with E-state index in [2.05, 4.69) is 42.2 Å². The third-order valence-corrected chi connectivity index (χ3v) is 10.9. The molecule has 0 aliphatic heterocycles. The van der Waals surface area contributed by atoms with E-state index in [1.165, 1.54) is 18.7 Å². The summed E-state index contributed by atoms with van der Waals surface area (Å²) in [6.07, 6.45) is 3.75. The summed E-state index contributed by atoms with van der Waals surface area (Å²) in [5, 5.41) is 37.9. The topological polar surface area (TPSA) is 378 Å². The smallest absolute Gasteiger partial charge is 0.326 e. The summed E-state index contributed by atoms with van der Waals surface area (Å²) in [5.41, 5.74) is 23.5. The van der Waals surface area contributed by atoms with E-state index in [0.29, 0.717) is 25.1 Å². The second-order valence-electron chi connectivity index (χ2n) is 17.2. The number of aliphatic carboxylic acids is 1. The van der Waals surface area contributed by atoms with Gasteiger partial charge in [-0.1, -0.05) is 58.0 Å². The number of carboxylic acid groups (broad SMARTS) is 1. The second-order valence-corrected chi connectivity index (χ2v) is 18.2. The average molecular weight is 965 g/mol. The molecule has 0 saturated carbocycles. The molecule has 17 N–H and O–H groups in total. The zero-order valence-corrected chi connectivity index (χ0v) is 40.5. The summed E-state index contributed by atoms with van der Waals surface area (Å²) in [6.45, 7) is 8.13. The number of aliphatic hydroxyl groups is 1. The number of unbranched alkanes of at least 4 members (excludes halogenated alkanes) is 1. The van der Waals surface area contributed by atoms with E-state index in [-0.39, 0.29) is 69.3 Å². The van der Waals surface area contributed by atoms with E-state index < -0.39 is 102 Å². The van der Waals surface area contributed by atoms with Crippen molar-refractivity contribution in [1.29, 1.82) is 0 Å². The molecular weight excluding hydrogens is 889 g/mol. The molecule has 0 heterocycles. The number of thioether (sulfide) groups is 1. The molecule has 0 spiro atoms. The van der Waals surface area contributed by atoms with Crippen LogP contribution < -0.4 is 60.2 Å². The van der Waals surface area contributed by atoms with Gasteiger partial charge in [-0.15, -0.1) is 0 Å². The fourth-order valence-corrected chi connectivity index (χ4v) is 7.10. The predicted molar refractivity (Wildman–Crippen MR) is 257 cm³/mol. The molecule has 8 atom stereocenters. The number of benzene rings is 1. The van der Waals surface area contributed by atoms with E-state index in [4.69, 9.17) is 22.9 Å². The maximum Gasteiger partial charge on any atom is 0.326 e. The molecule has 0 radical (unpaired) electrons.